The smallest absolute Gasteiger partial charge is 0.408 e. The van der Waals surface area contributed by atoms with Gasteiger partial charge in [0.05, 0.1) is 29.5 Å². The third kappa shape index (κ3) is 5.51. The van der Waals surface area contributed by atoms with Gasteiger partial charge in [-0.3, -0.25) is 0 Å². The van der Waals surface area contributed by atoms with E-state index in [1.54, 1.807) is 20.8 Å². The minimum absolute atomic E-state index is 0.0167. The Hall–Kier alpha value is -1.42. The summed E-state index contributed by atoms with van der Waals surface area (Å²) in [5.41, 5.74) is -2.88. The maximum Gasteiger partial charge on any atom is 0.408 e. The Morgan fingerprint density at radius 1 is 0.900 bits per heavy atom. The lowest BCUT2D eigenvalue weighted by atomic mass is 9.41. The molecular formula is C41H69NO8. The number of hydrogen-bond acceptors (Lipinski definition) is 8. The Morgan fingerprint density at radius 2 is 1.56 bits per heavy atom. The van der Waals surface area contributed by atoms with Gasteiger partial charge in [0.2, 0.25) is 0 Å². The summed E-state index contributed by atoms with van der Waals surface area (Å²) < 4.78 is 18.6. The van der Waals surface area contributed by atoms with Crippen LogP contribution in [0.5, 0.6) is 0 Å². The lowest BCUT2D eigenvalue weighted by Crippen LogP contribution is -2.63. The third-order valence-electron chi connectivity index (χ3n) is 16.1. The monoisotopic (exact) mass is 704 g/mol. The highest BCUT2D eigenvalue weighted by Crippen LogP contribution is 2.89. The Bertz CT molecular complexity index is 1350. The molecule has 0 radical (unpaired) electrons. The molecule has 14 atom stereocenters. The number of aliphatic hydroxyl groups excluding tert-OH is 2. The fourth-order valence-corrected chi connectivity index (χ4v) is 13.6. The molecule has 0 aromatic carbocycles. The van der Waals surface area contributed by atoms with E-state index in [0.29, 0.717) is 19.3 Å². The van der Waals surface area contributed by atoms with Crippen LogP contribution in [0, 0.1) is 50.7 Å². The Kier molecular flexibility index (Phi) is 9.03. The van der Waals surface area contributed by atoms with E-state index in [1.807, 2.05) is 27.7 Å². The van der Waals surface area contributed by atoms with Crippen molar-refractivity contribution < 1.29 is 39.1 Å². The number of fused-ring (bicyclic) bond motifs is 2. The highest BCUT2D eigenvalue weighted by atomic mass is 16.6. The Balaban J connectivity index is 1.23. The zero-order chi connectivity index (χ0) is 37.3. The molecule has 1 amide bonds. The summed E-state index contributed by atoms with van der Waals surface area (Å²) in [6.07, 6.45) is 6.12. The number of carbonyl (C=O) groups is 2. The number of hydrogen-bond donors (Lipinski definition) is 4. The molecule has 6 fully saturated rings. The predicted molar refractivity (Wildman–Crippen MR) is 191 cm³/mol. The summed E-state index contributed by atoms with van der Waals surface area (Å²) in [6.45, 7) is 24.3. The number of aliphatic hydroxyl groups is 3. The van der Waals surface area contributed by atoms with Crippen molar-refractivity contribution in [1.29, 1.82) is 0 Å². The van der Waals surface area contributed by atoms with E-state index >= 15 is 0 Å². The normalized spacial score (nSPS) is 47.5. The van der Waals surface area contributed by atoms with Gasteiger partial charge in [-0.05, 0) is 139 Å². The highest BCUT2D eigenvalue weighted by Gasteiger charge is 2.85. The van der Waals surface area contributed by atoms with Gasteiger partial charge < -0.3 is 34.8 Å². The van der Waals surface area contributed by atoms with Crippen LogP contribution in [0.4, 0.5) is 4.79 Å². The van der Waals surface area contributed by atoms with Gasteiger partial charge in [0.15, 0.2) is 0 Å². The molecule has 5 saturated carbocycles. The molecule has 4 N–H and O–H groups in total. The SMILES string of the molecule is CCC(C)[C@H](NC(=O)OC(C)(C)C)C(=O)O[C@H]1CCC23CC24CC[C@]2(C)[C@@H]([C@@]5(C)CC[C@@H](C(C)(C)O)O5)[C@@H](O)C[C@@]2(C)C4C[C@H](O)[C@H]3C1(C)C. The first kappa shape index (κ1) is 38.3. The first-order valence-corrected chi connectivity index (χ1v) is 19.8. The van der Waals surface area contributed by atoms with Crippen LogP contribution in [0.25, 0.3) is 0 Å². The molecular weight excluding hydrogens is 634 g/mol. The number of alkyl carbamates (subject to hydrolysis) is 1. The number of esters is 1. The van der Waals surface area contributed by atoms with Crippen molar-refractivity contribution in [1.82, 2.24) is 5.32 Å². The van der Waals surface area contributed by atoms with Gasteiger partial charge in [0.25, 0.3) is 0 Å². The van der Waals surface area contributed by atoms with Crippen molar-refractivity contribution in [3.8, 4) is 0 Å². The van der Waals surface area contributed by atoms with E-state index < -0.39 is 52.5 Å². The van der Waals surface area contributed by atoms with E-state index in [0.717, 1.165) is 44.9 Å². The largest absolute Gasteiger partial charge is 0.460 e. The van der Waals surface area contributed by atoms with Crippen molar-refractivity contribution in [2.24, 2.45) is 50.7 Å². The van der Waals surface area contributed by atoms with Crippen LogP contribution in [-0.2, 0) is 19.0 Å². The van der Waals surface area contributed by atoms with Gasteiger partial charge >= 0.3 is 12.1 Å². The zero-order valence-corrected chi connectivity index (χ0v) is 33.2. The molecule has 0 bridgehead atoms. The first-order chi connectivity index (χ1) is 22.8. The summed E-state index contributed by atoms with van der Waals surface area (Å²) in [5, 5.41) is 37.9. The van der Waals surface area contributed by atoms with Gasteiger partial charge in [-0.15, -0.1) is 0 Å². The number of nitrogens with one attached hydrogen (secondary N) is 1. The molecule has 9 nitrogen and oxygen atoms in total. The molecule has 0 aromatic rings. The first-order valence-electron chi connectivity index (χ1n) is 19.8. The second-order valence-corrected chi connectivity index (χ2v) is 20.8. The molecule has 1 heterocycles. The molecule has 6 rings (SSSR count). The number of rotatable bonds is 7. The average Bonchev–Trinajstić information content (AvgIpc) is 3.32. The van der Waals surface area contributed by atoms with E-state index in [9.17, 15) is 24.9 Å². The second kappa shape index (κ2) is 11.8. The molecule has 50 heavy (non-hydrogen) atoms. The van der Waals surface area contributed by atoms with E-state index in [1.165, 1.54) is 0 Å². The minimum atomic E-state index is -0.936. The summed E-state index contributed by atoms with van der Waals surface area (Å²) in [5.74, 6) is -0.362. The van der Waals surface area contributed by atoms with Gasteiger partial charge in [-0.2, -0.15) is 0 Å². The van der Waals surface area contributed by atoms with Crippen LogP contribution in [0.1, 0.15) is 147 Å². The van der Waals surface area contributed by atoms with Crippen LogP contribution in [0.2, 0.25) is 0 Å². The zero-order valence-electron chi connectivity index (χ0n) is 33.2. The van der Waals surface area contributed by atoms with Crippen molar-refractivity contribution in [3.05, 3.63) is 0 Å². The quantitative estimate of drug-likeness (QED) is 0.210. The molecule has 1 saturated heterocycles. The summed E-state index contributed by atoms with van der Waals surface area (Å²) >= 11 is 0. The molecule has 0 aromatic heterocycles. The van der Waals surface area contributed by atoms with Crippen molar-refractivity contribution in [2.45, 2.75) is 195 Å². The Morgan fingerprint density at radius 3 is 2.14 bits per heavy atom. The highest BCUT2D eigenvalue weighted by molar-refractivity contribution is 5.82. The predicted octanol–water partition coefficient (Wildman–Crippen LogP) is 6.93. The maximum absolute atomic E-state index is 13.8. The van der Waals surface area contributed by atoms with E-state index in [4.69, 9.17) is 14.2 Å². The summed E-state index contributed by atoms with van der Waals surface area (Å²) in [4.78, 5) is 26.6. The van der Waals surface area contributed by atoms with E-state index in [-0.39, 0.29) is 57.5 Å². The van der Waals surface area contributed by atoms with Crippen LogP contribution in [0.3, 0.4) is 0 Å². The molecule has 1 aliphatic heterocycles. The molecule has 286 valence electrons. The molecule has 9 heteroatoms. The van der Waals surface area contributed by atoms with Crippen LogP contribution < -0.4 is 5.32 Å². The minimum Gasteiger partial charge on any atom is -0.460 e. The lowest BCUT2D eigenvalue weighted by Gasteiger charge is -2.64. The Labute approximate surface area is 301 Å². The average molecular weight is 704 g/mol. The van der Waals surface area contributed by atoms with E-state index in [2.05, 4.69) is 39.9 Å². The fourth-order valence-electron chi connectivity index (χ4n) is 13.6. The van der Waals surface area contributed by atoms with Gasteiger partial charge in [-0.25, -0.2) is 9.59 Å². The van der Waals surface area contributed by atoms with Crippen LogP contribution in [0.15, 0.2) is 0 Å². The molecule has 4 unspecified atom stereocenters. The van der Waals surface area contributed by atoms with Gasteiger partial charge in [-0.1, -0.05) is 48.0 Å². The maximum atomic E-state index is 13.8. The molecule has 6 aliphatic rings. The molecule has 2 spiro atoms. The number of carbonyl (C=O) groups excluding carboxylic acids is 2. The fraction of sp³-hybridized carbons (Fsp3) is 0.951. The standard InChI is InChI=1S/C41H69NO8/c1-13-23(2)29(42-33(46)50-34(3,4)5)32(45)48-27-15-17-41-22-40(41)19-18-37(10)31(39(12)16-14-28(49-39)36(8,9)47)25(44)21-38(37,11)26(40)20-24(43)30(41)35(27,6)7/h23-31,43-44,47H,13-22H2,1-12H3,(H,42,46)/t23?,24-,25-,26?,27-,28-,29-,30-,31-,37+,38-,39+,40?,41?/m0/s1. The van der Waals surface area contributed by atoms with Crippen LogP contribution in [-0.4, -0.2) is 74.6 Å². The van der Waals surface area contributed by atoms with Crippen LogP contribution >= 0.6 is 0 Å². The summed E-state index contributed by atoms with van der Waals surface area (Å²) in [6, 6.07) is -0.823. The van der Waals surface area contributed by atoms with Gasteiger partial charge in [0, 0.05) is 11.3 Å². The van der Waals surface area contributed by atoms with Crippen molar-refractivity contribution in [3.63, 3.8) is 0 Å². The topological polar surface area (TPSA) is 135 Å². The van der Waals surface area contributed by atoms with Crippen molar-refractivity contribution >= 4 is 12.1 Å². The lowest BCUT2D eigenvalue weighted by molar-refractivity contribution is -0.218. The second-order valence-electron chi connectivity index (χ2n) is 20.8. The molecule has 5 aliphatic carbocycles. The third-order valence-corrected chi connectivity index (χ3v) is 16.1. The summed E-state index contributed by atoms with van der Waals surface area (Å²) in [7, 11) is 0. The number of ether oxygens (including phenoxy) is 3. The van der Waals surface area contributed by atoms with Gasteiger partial charge in [0.1, 0.15) is 17.7 Å². The number of amides is 1. The van der Waals surface area contributed by atoms with Crippen molar-refractivity contribution in [2.75, 3.05) is 0 Å².